The van der Waals surface area contributed by atoms with Crippen LogP contribution in [0.15, 0.2) is 66.1 Å². The molecule has 1 aliphatic heterocycles. The van der Waals surface area contributed by atoms with Crippen LogP contribution < -0.4 is 14.8 Å². The number of ketones is 1. The Morgan fingerprint density at radius 2 is 1.97 bits per heavy atom. The molecule has 0 spiro atoms. The summed E-state index contributed by atoms with van der Waals surface area (Å²) in [6, 6.07) is 15.2. The Bertz CT molecular complexity index is 1070. The summed E-state index contributed by atoms with van der Waals surface area (Å²) in [6.07, 6.45) is 1.47. The highest BCUT2D eigenvalue weighted by atomic mass is 16.5. The summed E-state index contributed by atoms with van der Waals surface area (Å²) in [5, 5.41) is 7.46. The second-order valence-corrected chi connectivity index (χ2v) is 6.84. The van der Waals surface area contributed by atoms with Gasteiger partial charge in [-0.25, -0.2) is 4.68 Å². The number of aromatic nitrogens is 3. The third-order valence-electron chi connectivity index (χ3n) is 4.91. The quantitative estimate of drug-likeness (QED) is 0.691. The van der Waals surface area contributed by atoms with Crippen LogP contribution in [0.4, 0.5) is 5.95 Å². The Morgan fingerprint density at radius 3 is 2.69 bits per heavy atom. The summed E-state index contributed by atoms with van der Waals surface area (Å²) in [6.45, 7) is 3.87. The topological polar surface area (TPSA) is 78.3 Å². The molecule has 0 unspecified atom stereocenters. The molecule has 148 valence electrons. The highest BCUT2D eigenvalue weighted by Crippen LogP contribution is 2.38. The molecule has 7 heteroatoms. The van der Waals surface area contributed by atoms with Gasteiger partial charge >= 0.3 is 0 Å². The first kappa shape index (κ1) is 18.7. The van der Waals surface area contributed by atoms with Gasteiger partial charge in [-0.3, -0.25) is 4.79 Å². The number of methoxy groups -OCH3 is 1. The summed E-state index contributed by atoms with van der Waals surface area (Å²) in [4.78, 5) is 16.6. The van der Waals surface area contributed by atoms with Crippen molar-refractivity contribution in [2.45, 2.75) is 26.5 Å². The summed E-state index contributed by atoms with van der Waals surface area (Å²) >= 11 is 0. The lowest BCUT2D eigenvalue weighted by molar-refractivity contribution is -0.114. The molecule has 0 bridgehead atoms. The molecule has 0 saturated heterocycles. The number of anilines is 1. The van der Waals surface area contributed by atoms with E-state index >= 15 is 0 Å². The molecule has 0 aliphatic carbocycles. The molecule has 7 nitrogen and oxygen atoms in total. The van der Waals surface area contributed by atoms with E-state index in [2.05, 4.69) is 15.4 Å². The second kappa shape index (κ2) is 7.79. The normalized spacial score (nSPS) is 15.5. The summed E-state index contributed by atoms with van der Waals surface area (Å²) in [7, 11) is 1.60. The minimum absolute atomic E-state index is 0.0236. The minimum atomic E-state index is -0.386. The number of allylic oxidation sites excluding steroid dienone is 2. The average Bonchev–Trinajstić information content (AvgIpc) is 3.19. The van der Waals surface area contributed by atoms with E-state index in [0.29, 0.717) is 29.6 Å². The van der Waals surface area contributed by atoms with E-state index in [0.717, 1.165) is 16.8 Å². The first-order valence-corrected chi connectivity index (χ1v) is 9.31. The lowest BCUT2D eigenvalue weighted by Gasteiger charge is -2.28. The highest BCUT2D eigenvalue weighted by Gasteiger charge is 2.32. The van der Waals surface area contributed by atoms with Gasteiger partial charge in [0, 0.05) is 11.3 Å². The predicted molar refractivity (Wildman–Crippen MR) is 109 cm³/mol. The fourth-order valence-corrected chi connectivity index (χ4v) is 3.56. The van der Waals surface area contributed by atoms with Crippen LogP contribution in [0.1, 0.15) is 31.0 Å². The van der Waals surface area contributed by atoms with Crippen molar-refractivity contribution in [3.05, 3.63) is 77.3 Å². The van der Waals surface area contributed by atoms with Crippen LogP contribution in [-0.2, 0) is 11.4 Å². The molecule has 1 aromatic heterocycles. The smallest absolute Gasteiger partial charge is 0.226 e. The SMILES string of the molecule is COc1cc([C@@H]2C(C(C)=O)=C(C)Nc3ncnn32)ccc1OCc1ccccc1. The maximum atomic E-state index is 12.4. The summed E-state index contributed by atoms with van der Waals surface area (Å²) in [5.41, 5.74) is 3.35. The number of rotatable bonds is 6. The van der Waals surface area contributed by atoms with Crippen LogP contribution in [0, 0.1) is 0 Å². The van der Waals surface area contributed by atoms with Crippen LogP contribution in [0.5, 0.6) is 11.5 Å². The fraction of sp³-hybridized carbons (Fsp3) is 0.227. The van der Waals surface area contributed by atoms with Crippen LogP contribution in [0.3, 0.4) is 0 Å². The Labute approximate surface area is 169 Å². The molecule has 29 heavy (non-hydrogen) atoms. The number of carbonyl (C=O) groups is 1. The molecule has 1 aliphatic rings. The number of hydrogen-bond acceptors (Lipinski definition) is 6. The van der Waals surface area contributed by atoms with Crippen LogP contribution in [-0.4, -0.2) is 27.7 Å². The lowest BCUT2D eigenvalue weighted by atomic mass is 9.93. The number of fused-ring (bicyclic) bond motifs is 1. The van der Waals surface area contributed by atoms with Gasteiger partial charge in [-0.1, -0.05) is 36.4 Å². The highest BCUT2D eigenvalue weighted by molar-refractivity contribution is 5.96. The number of hydrogen-bond donors (Lipinski definition) is 1. The molecule has 0 saturated carbocycles. The van der Waals surface area contributed by atoms with Crippen molar-refractivity contribution in [3.8, 4) is 11.5 Å². The van der Waals surface area contributed by atoms with Gasteiger partial charge < -0.3 is 14.8 Å². The van der Waals surface area contributed by atoms with Crippen molar-refractivity contribution in [2.75, 3.05) is 12.4 Å². The monoisotopic (exact) mass is 390 g/mol. The Hall–Kier alpha value is -3.61. The fourth-order valence-electron chi connectivity index (χ4n) is 3.56. The van der Waals surface area contributed by atoms with Gasteiger partial charge in [0.05, 0.1) is 7.11 Å². The van der Waals surface area contributed by atoms with Crippen molar-refractivity contribution in [3.63, 3.8) is 0 Å². The predicted octanol–water partition coefficient (Wildman–Crippen LogP) is 3.74. The van der Waals surface area contributed by atoms with Gasteiger partial charge in [0.15, 0.2) is 17.3 Å². The molecule has 0 amide bonds. The molecule has 0 radical (unpaired) electrons. The average molecular weight is 390 g/mol. The zero-order chi connectivity index (χ0) is 20.4. The Kier molecular flexibility index (Phi) is 5.03. The first-order chi connectivity index (χ1) is 14.1. The zero-order valence-corrected chi connectivity index (χ0v) is 16.5. The van der Waals surface area contributed by atoms with Gasteiger partial charge in [0.25, 0.3) is 0 Å². The number of carbonyl (C=O) groups excluding carboxylic acids is 1. The molecule has 1 N–H and O–H groups in total. The molecule has 1 atom stereocenters. The van der Waals surface area contributed by atoms with Crippen molar-refractivity contribution in [2.24, 2.45) is 0 Å². The van der Waals surface area contributed by atoms with Gasteiger partial charge in [-0.05, 0) is 37.1 Å². The van der Waals surface area contributed by atoms with E-state index < -0.39 is 0 Å². The third kappa shape index (κ3) is 3.59. The molecule has 4 rings (SSSR count). The van der Waals surface area contributed by atoms with Crippen LogP contribution in [0.2, 0.25) is 0 Å². The standard InChI is InChI=1S/C22H22N4O3/c1-14-20(15(2)27)21(26-22(25-14)23-13-24-26)17-9-10-18(19(11-17)28-3)29-12-16-7-5-4-6-8-16/h4-11,13,21H,12H2,1-3H3,(H,23,24,25)/t21-/m1/s1. The van der Waals surface area contributed by atoms with Crippen molar-refractivity contribution in [1.29, 1.82) is 0 Å². The van der Waals surface area contributed by atoms with E-state index in [1.54, 1.807) is 18.7 Å². The van der Waals surface area contributed by atoms with E-state index in [9.17, 15) is 4.79 Å². The second-order valence-electron chi connectivity index (χ2n) is 6.84. The zero-order valence-electron chi connectivity index (χ0n) is 16.5. The number of nitrogens with zero attached hydrogens (tertiary/aromatic N) is 3. The number of nitrogens with one attached hydrogen (secondary N) is 1. The van der Waals surface area contributed by atoms with Gasteiger partial charge in [-0.15, -0.1) is 0 Å². The van der Waals surface area contributed by atoms with E-state index in [1.165, 1.54) is 6.33 Å². The molecule has 3 aromatic rings. The van der Waals surface area contributed by atoms with E-state index in [1.807, 2.05) is 55.5 Å². The molecule has 2 heterocycles. The van der Waals surface area contributed by atoms with Crippen LogP contribution >= 0.6 is 0 Å². The van der Waals surface area contributed by atoms with Gasteiger partial charge in [-0.2, -0.15) is 10.1 Å². The maximum Gasteiger partial charge on any atom is 0.226 e. The molecular weight excluding hydrogens is 368 g/mol. The number of ether oxygens (including phenoxy) is 2. The van der Waals surface area contributed by atoms with Crippen molar-refractivity contribution in [1.82, 2.24) is 14.8 Å². The maximum absolute atomic E-state index is 12.4. The van der Waals surface area contributed by atoms with Crippen molar-refractivity contribution >= 4 is 11.7 Å². The van der Waals surface area contributed by atoms with Gasteiger partial charge in [0.1, 0.15) is 19.0 Å². The Morgan fingerprint density at radius 1 is 1.17 bits per heavy atom. The van der Waals surface area contributed by atoms with Crippen molar-refractivity contribution < 1.29 is 14.3 Å². The molecule has 0 fully saturated rings. The van der Waals surface area contributed by atoms with E-state index in [4.69, 9.17) is 9.47 Å². The summed E-state index contributed by atoms with van der Waals surface area (Å²) < 4.78 is 13.2. The molecule has 2 aromatic carbocycles. The number of benzene rings is 2. The molecular formula is C22H22N4O3. The largest absolute Gasteiger partial charge is 0.493 e. The minimum Gasteiger partial charge on any atom is -0.493 e. The van der Waals surface area contributed by atoms with Gasteiger partial charge in [0.2, 0.25) is 5.95 Å². The first-order valence-electron chi connectivity index (χ1n) is 9.31. The lowest BCUT2D eigenvalue weighted by Crippen LogP contribution is -2.27. The third-order valence-corrected chi connectivity index (χ3v) is 4.91. The van der Waals surface area contributed by atoms with E-state index in [-0.39, 0.29) is 11.8 Å². The number of Topliss-reactive ketones (excluding diaryl/α,β-unsaturated/α-hetero) is 1. The Balaban J connectivity index is 1.69. The summed E-state index contributed by atoms with van der Waals surface area (Å²) in [5.74, 6) is 1.81. The van der Waals surface area contributed by atoms with Crippen LogP contribution in [0.25, 0.3) is 0 Å².